The lowest BCUT2D eigenvalue weighted by Gasteiger charge is -2.17. The van der Waals surface area contributed by atoms with Crippen LogP contribution in [0.5, 0.6) is 11.5 Å². The Morgan fingerprint density at radius 1 is 1.13 bits per heavy atom. The van der Waals surface area contributed by atoms with Gasteiger partial charge in [-0.05, 0) is 69.0 Å². The fraction of sp³-hybridized carbons (Fsp3) is 0.174. The average Bonchev–Trinajstić information content (AvgIpc) is 2.78. The van der Waals surface area contributed by atoms with Crippen LogP contribution in [-0.2, 0) is 9.59 Å². The molecule has 0 unspecified atom stereocenters. The van der Waals surface area contributed by atoms with Crippen LogP contribution in [-0.4, -0.2) is 35.9 Å². The van der Waals surface area contributed by atoms with Crippen LogP contribution in [0.2, 0.25) is 0 Å². The lowest BCUT2D eigenvalue weighted by molar-refractivity contribution is -0.139. The second-order valence-electron chi connectivity index (χ2n) is 6.60. The van der Waals surface area contributed by atoms with Gasteiger partial charge in [0.15, 0.2) is 12.7 Å². The van der Waals surface area contributed by atoms with Crippen LogP contribution in [0.15, 0.2) is 70.2 Å². The van der Waals surface area contributed by atoms with Crippen molar-refractivity contribution in [2.45, 2.75) is 19.4 Å². The molecular weight excluding hydrogens is 464 g/mol. The van der Waals surface area contributed by atoms with E-state index >= 15 is 0 Å². The second kappa shape index (κ2) is 10.6. The number of carbonyl (C=O) groups is 2. The van der Waals surface area contributed by atoms with E-state index in [4.69, 9.17) is 14.6 Å². The third kappa shape index (κ3) is 6.05. The van der Waals surface area contributed by atoms with Crippen LogP contribution in [0.3, 0.4) is 0 Å². The summed E-state index contributed by atoms with van der Waals surface area (Å²) < 4.78 is 11.8. The number of carboxylic acids is 1. The summed E-state index contributed by atoms with van der Waals surface area (Å²) >= 11 is 3.57. The van der Waals surface area contributed by atoms with Crippen molar-refractivity contribution >= 4 is 44.8 Å². The third-order valence-corrected chi connectivity index (χ3v) is 5.21. The van der Waals surface area contributed by atoms with Gasteiger partial charge in [-0.15, -0.1) is 0 Å². The van der Waals surface area contributed by atoms with Crippen molar-refractivity contribution in [3.63, 3.8) is 0 Å². The van der Waals surface area contributed by atoms with Crippen molar-refractivity contribution < 1.29 is 24.2 Å². The number of carbonyl (C=O) groups excluding carboxylic acids is 1. The Kier molecular flexibility index (Phi) is 7.61. The monoisotopic (exact) mass is 484 g/mol. The maximum Gasteiger partial charge on any atom is 0.341 e. The Labute approximate surface area is 187 Å². The zero-order valence-corrected chi connectivity index (χ0v) is 18.3. The van der Waals surface area contributed by atoms with E-state index in [0.29, 0.717) is 23.5 Å². The van der Waals surface area contributed by atoms with Crippen LogP contribution in [0, 0.1) is 0 Å². The minimum atomic E-state index is -1.04. The summed E-state index contributed by atoms with van der Waals surface area (Å²) in [5, 5.41) is 14.7. The standard InChI is InChI=1S/C23H21BrN2O5/c1-2-19(31-20-12-9-16-5-3-4-6-18(16)22(20)24)23(29)26-25-13-15-7-10-17(11-8-15)30-14-21(27)28/h3-13,19H,2,14H2,1H3,(H,26,29)(H,27,28)/b25-13-/t19-/m0/s1. The zero-order chi connectivity index (χ0) is 22.2. The SMILES string of the molecule is CC[C@H](Oc1ccc2ccccc2c1Br)C(=O)N/N=C\c1ccc(OCC(=O)O)cc1. The van der Waals surface area contributed by atoms with Gasteiger partial charge in [0.05, 0.1) is 10.7 Å². The van der Waals surface area contributed by atoms with Crippen molar-refractivity contribution in [3.05, 3.63) is 70.7 Å². The predicted molar refractivity (Wildman–Crippen MR) is 122 cm³/mol. The molecule has 0 saturated carbocycles. The average molecular weight is 485 g/mol. The van der Waals surface area contributed by atoms with Gasteiger partial charge in [0, 0.05) is 0 Å². The van der Waals surface area contributed by atoms with Crippen molar-refractivity contribution in [3.8, 4) is 11.5 Å². The van der Waals surface area contributed by atoms with Gasteiger partial charge >= 0.3 is 5.97 Å². The number of halogens is 1. The molecule has 8 heteroatoms. The highest BCUT2D eigenvalue weighted by atomic mass is 79.9. The normalized spacial score (nSPS) is 11.9. The first kappa shape index (κ1) is 22.3. The molecule has 0 fully saturated rings. The highest BCUT2D eigenvalue weighted by Crippen LogP contribution is 2.33. The van der Waals surface area contributed by atoms with Crippen LogP contribution in [0.4, 0.5) is 0 Å². The van der Waals surface area contributed by atoms with E-state index in [-0.39, 0.29) is 5.91 Å². The van der Waals surface area contributed by atoms with Crippen molar-refractivity contribution in [1.29, 1.82) is 0 Å². The number of nitrogens with one attached hydrogen (secondary N) is 1. The molecular formula is C23H21BrN2O5. The fourth-order valence-electron chi connectivity index (χ4n) is 2.82. The van der Waals surface area contributed by atoms with E-state index in [9.17, 15) is 9.59 Å². The molecule has 1 amide bonds. The number of benzene rings is 3. The van der Waals surface area contributed by atoms with E-state index in [1.165, 1.54) is 6.21 Å². The Morgan fingerprint density at radius 2 is 1.87 bits per heavy atom. The summed E-state index contributed by atoms with van der Waals surface area (Å²) in [5.41, 5.74) is 3.21. The van der Waals surface area contributed by atoms with Crippen molar-refractivity contribution in [2.75, 3.05) is 6.61 Å². The number of aliphatic carboxylic acids is 1. The summed E-state index contributed by atoms with van der Waals surface area (Å²) in [5.74, 6) is -0.386. The van der Waals surface area contributed by atoms with Crippen molar-refractivity contribution in [2.24, 2.45) is 5.10 Å². The minimum absolute atomic E-state index is 0.361. The zero-order valence-electron chi connectivity index (χ0n) is 16.7. The smallest absolute Gasteiger partial charge is 0.341 e. The number of amides is 1. The Balaban J connectivity index is 1.60. The Morgan fingerprint density at radius 3 is 2.58 bits per heavy atom. The molecule has 1 atom stereocenters. The summed E-state index contributed by atoms with van der Waals surface area (Å²) in [6, 6.07) is 18.3. The number of carboxylic acid groups (broad SMARTS) is 1. The molecule has 0 spiro atoms. The van der Waals surface area contributed by atoms with Gasteiger partial charge in [0.2, 0.25) is 0 Å². The first-order valence-electron chi connectivity index (χ1n) is 9.59. The third-order valence-electron chi connectivity index (χ3n) is 4.39. The largest absolute Gasteiger partial charge is 0.482 e. The Bertz CT molecular complexity index is 1100. The highest BCUT2D eigenvalue weighted by Gasteiger charge is 2.19. The van der Waals surface area contributed by atoms with E-state index in [0.717, 1.165) is 15.2 Å². The van der Waals surface area contributed by atoms with Crippen LogP contribution in [0.25, 0.3) is 10.8 Å². The lowest BCUT2D eigenvalue weighted by atomic mass is 10.1. The second-order valence-corrected chi connectivity index (χ2v) is 7.39. The van der Waals surface area contributed by atoms with Gasteiger partial charge < -0.3 is 14.6 Å². The Hall–Kier alpha value is -3.39. The van der Waals surface area contributed by atoms with Gasteiger partial charge in [0.1, 0.15) is 11.5 Å². The number of hydrogen-bond acceptors (Lipinski definition) is 5. The van der Waals surface area contributed by atoms with E-state index < -0.39 is 18.7 Å². The van der Waals surface area contributed by atoms with Crippen molar-refractivity contribution in [1.82, 2.24) is 5.43 Å². The minimum Gasteiger partial charge on any atom is -0.482 e. The van der Waals surface area contributed by atoms with Gasteiger partial charge in [-0.1, -0.05) is 37.3 Å². The molecule has 3 aromatic rings. The van der Waals surface area contributed by atoms with Gasteiger partial charge in [-0.25, -0.2) is 10.2 Å². The first-order chi connectivity index (χ1) is 15.0. The first-order valence-corrected chi connectivity index (χ1v) is 10.4. The number of ether oxygens (including phenoxy) is 2. The van der Waals surface area contributed by atoms with Crippen LogP contribution < -0.4 is 14.9 Å². The molecule has 0 saturated heterocycles. The molecule has 7 nitrogen and oxygen atoms in total. The number of fused-ring (bicyclic) bond motifs is 1. The number of nitrogens with zero attached hydrogens (tertiary/aromatic N) is 1. The molecule has 0 aromatic heterocycles. The molecule has 0 bridgehead atoms. The van der Waals surface area contributed by atoms with E-state index in [2.05, 4.69) is 26.5 Å². The molecule has 2 N–H and O–H groups in total. The fourth-order valence-corrected chi connectivity index (χ4v) is 3.40. The highest BCUT2D eigenvalue weighted by molar-refractivity contribution is 9.10. The van der Waals surface area contributed by atoms with Gasteiger partial charge in [0.25, 0.3) is 5.91 Å². The van der Waals surface area contributed by atoms with Crippen LogP contribution in [0.1, 0.15) is 18.9 Å². The lowest BCUT2D eigenvalue weighted by Crippen LogP contribution is -2.35. The summed E-state index contributed by atoms with van der Waals surface area (Å²) in [6.07, 6.45) is 1.25. The quantitative estimate of drug-likeness (QED) is 0.347. The molecule has 160 valence electrons. The maximum atomic E-state index is 12.5. The number of hydrazone groups is 1. The molecule has 0 heterocycles. The molecule has 3 aromatic carbocycles. The molecule has 0 aliphatic rings. The topological polar surface area (TPSA) is 97.2 Å². The number of hydrogen-bond donors (Lipinski definition) is 2. The molecule has 0 aliphatic heterocycles. The summed E-state index contributed by atoms with van der Waals surface area (Å²) in [7, 11) is 0. The molecule has 31 heavy (non-hydrogen) atoms. The number of rotatable bonds is 9. The van der Waals surface area contributed by atoms with E-state index in [1.807, 2.05) is 43.3 Å². The van der Waals surface area contributed by atoms with Gasteiger partial charge in [-0.2, -0.15) is 5.10 Å². The molecule has 0 radical (unpaired) electrons. The van der Waals surface area contributed by atoms with Crippen LogP contribution >= 0.6 is 15.9 Å². The summed E-state index contributed by atoms with van der Waals surface area (Å²) in [6.45, 7) is 1.45. The predicted octanol–water partition coefficient (Wildman–Crippen LogP) is 4.37. The molecule has 3 rings (SSSR count). The van der Waals surface area contributed by atoms with E-state index in [1.54, 1.807) is 24.3 Å². The maximum absolute atomic E-state index is 12.5. The van der Waals surface area contributed by atoms with Gasteiger partial charge in [-0.3, -0.25) is 4.79 Å². The summed E-state index contributed by atoms with van der Waals surface area (Å²) in [4.78, 5) is 23.0. The molecule has 0 aliphatic carbocycles.